The van der Waals surface area contributed by atoms with E-state index >= 15 is 0 Å². The SMILES string of the molecule is CC1(CNC(=O)CCC(CCN)C(C)(C)C)CCCCC1. The molecule has 0 aliphatic heterocycles. The third-order valence-corrected chi connectivity index (χ3v) is 5.23. The standard InChI is InChI=1S/C18H36N2O/c1-17(2,3)15(10-13-19)8-9-16(21)20-14-18(4)11-6-5-7-12-18/h15H,5-14,19H2,1-4H3,(H,20,21). The molecule has 1 unspecified atom stereocenters. The van der Waals surface area contributed by atoms with Gasteiger partial charge in [0.2, 0.25) is 5.91 Å². The van der Waals surface area contributed by atoms with E-state index < -0.39 is 0 Å². The van der Waals surface area contributed by atoms with Crippen molar-refractivity contribution in [2.24, 2.45) is 22.5 Å². The lowest BCUT2D eigenvalue weighted by molar-refractivity contribution is -0.122. The van der Waals surface area contributed by atoms with Crippen LogP contribution in [-0.2, 0) is 4.79 Å². The Balaban J connectivity index is 2.32. The zero-order chi connectivity index (χ0) is 15.9. The third kappa shape index (κ3) is 6.82. The highest BCUT2D eigenvalue weighted by Gasteiger charge is 2.28. The molecule has 0 aromatic rings. The quantitative estimate of drug-likeness (QED) is 0.749. The Morgan fingerprint density at radius 3 is 2.33 bits per heavy atom. The molecule has 3 nitrogen and oxygen atoms in total. The second kappa shape index (κ2) is 8.17. The summed E-state index contributed by atoms with van der Waals surface area (Å²) in [4.78, 5) is 12.1. The second-order valence-electron chi connectivity index (χ2n) is 8.33. The van der Waals surface area contributed by atoms with E-state index in [1.807, 2.05) is 0 Å². The molecule has 1 fully saturated rings. The van der Waals surface area contributed by atoms with Crippen LogP contribution < -0.4 is 11.1 Å². The first-order chi connectivity index (χ1) is 9.77. The summed E-state index contributed by atoms with van der Waals surface area (Å²) < 4.78 is 0. The van der Waals surface area contributed by atoms with Gasteiger partial charge in [-0.25, -0.2) is 0 Å². The molecule has 0 radical (unpaired) electrons. The first-order valence-corrected chi connectivity index (χ1v) is 8.74. The van der Waals surface area contributed by atoms with E-state index in [0.717, 1.165) is 19.4 Å². The Kier molecular flexibility index (Phi) is 7.19. The highest BCUT2D eigenvalue weighted by Crippen LogP contribution is 2.35. The van der Waals surface area contributed by atoms with Crippen LogP contribution in [0.3, 0.4) is 0 Å². The summed E-state index contributed by atoms with van der Waals surface area (Å²) >= 11 is 0. The van der Waals surface area contributed by atoms with Crippen molar-refractivity contribution in [3.05, 3.63) is 0 Å². The number of hydrogen-bond donors (Lipinski definition) is 2. The molecule has 3 heteroatoms. The van der Waals surface area contributed by atoms with Crippen LogP contribution in [0.2, 0.25) is 0 Å². The molecule has 124 valence electrons. The van der Waals surface area contributed by atoms with Crippen molar-refractivity contribution >= 4 is 5.91 Å². The zero-order valence-electron chi connectivity index (χ0n) is 14.6. The normalized spacial score (nSPS) is 20.0. The minimum Gasteiger partial charge on any atom is -0.356 e. The minimum absolute atomic E-state index is 0.216. The number of hydrogen-bond acceptors (Lipinski definition) is 2. The molecular weight excluding hydrogens is 260 g/mol. The maximum atomic E-state index is 12.1. The van der Waals surface area contributed by atoms with Crippen molar-refractivity contribution < 1.29 is 4.79 Å². The van der Waals surface area contributed by atoms with E-state index in [4.69, 9.17) is 5.73 Å². The van der Waals surface area contributed by atoms with Gasteiger partial charge in [0, 0.05) is 13.0 Å². The van der Waals surface area contributed by atoms with E-state index in [2.05, 4.69) is 33.0 Å². The van der Waals surface area contributed by atoms with Gasteiger partial charge >= 0.3 is 0 Å². The Morgan fingerprint density at radius 1 is 1.19 bits per heavy atom. The van der Waals surface area contributed by atoms with E-state index in [1.165, 1.54) is 32.1 Å². The van der Waals surface area contributed by atoms with Gasteiger partial charge in [-0.05, 0) is 49.0 Å². The zero-order valence-corrected chi connectivity index (χ0v) is 14.6. The number of carbonyl (C=O) groups is 1. The highest BCUT2D eigenvalue weighted by atomic mass is 16.1. The van der Waals surface area contributed by atoms with Crippen molar-refractivity contribution in [2.45, 2.75) is 79.1 Å². The third-order valence-electron chi connectivity index (χ3n) is 5.23. The molecule has 1 atom stereocenters. The topological polar surface area (TPSA) is 55.1 Å². The van der Waals surface area contributed by atoms with Gasteiger partial charge in [-0.3, -0.25) is 4.79 Å². The summed E-state index contributed by atoms with van der Waals surface area (Å²) in [5.41, 5.74) is 6.26. The van der Waals surface area contributed by atoms with E-state index in [0.29, 0.717) is 24.3 Å². The van der Waals surface area contributed by atoms with Gasteiger partial charge in [0.15, 0.2) is 0 Å². The van der Waals surface area contributed by atoms with Crippen LogP contribution in [-0.4, -0.2) is 19.0 Å². The van der Waals surface area contributed by atoms with Crippen LogP contribution in [0, 0.1) is 16.7 Å². The Bertz CT molecular complexity index is 314. The molecule has 0 saturated heterocycles. The molecule has 0 heterocycles. The fraction of sp³-hybridized carbons (Fsp3) is 0.944. The summed E-state index contributed by atoms with van der Waals surface area (Å²) in [6.07, 6.45) is 9.09. The first kappa shape index (κ1) is 18.5. The fourth-order valence-corrected chi connectivity index (χ4v) is 3.50. The van der Waals surface area contributed by atoms with Gasteiger partial charge in [-0.2, -0.15) is 0 Å². The second-order valence-corrected chi connectivity index (χ2v) is 8.33. The Labute approximate surface area is 131 Å². The van der Waals surface area contributed by atoms with Crippen molar-refractivity contribution in [1.82, 2.24) is 5.32 Å². The van der Waals surface area contributed by atoms with Gasteiger partial charge in [-0.15, -0.1) is 0 Å². The number of rotatable bonds is 7. The first-order valence-electron chi connectivity index (χ1n) is 8.74. The predicted molar refractivity (Wildman–Crippen MR) is 90.1 cm³/mol. The number of nitrogens with one attached hydrogen (secondary N) is 1. The monoisotopic (exact) mass is 296 g/mol. The average Bonchev–Trinajstić information content (AvgIpc) is 2.41. The van der Waals surface area contributed by atoms with Gasteiger partial charge < -0.3 is 11.1 Å². The summed E-state index contributed by atoms with van der Waals surface area (Å²) in [7, 11) is 0. The van der Waals surface area contributed by atoms with Crippen molar-refractivity contribution in [2.75, 3.05) is 13.1 Å². The molecule has 1 aliphatic carbocycles. The van der Waals surface area contributed by atoms with Gasteiger partial charge in [0.1, 0.15) is 0 Å². The minimum atomic E-state index is 0.216. The number of amides is 1. The molecule has 0 aromatic carbocycles. The molecular formula is C18H36N2O. The lowest BCUT2D eigenvalue weighted by Gasteiger charge is -2.34. The van der Waals surface area contributed by atoms with Gasteiger partial charge in [0.25, 0.3) is 0 Å². The Hall–Kier alpha value is -0.570. The van der Waals surface area contributed by atoms with Gasteiger partial charge in [0.05, 0.1) is 0 Å². The molecule has 21 heavy (non-hydrogen) atoms. The summed E-state index contributed by atoms with van der Waals surface area (Å²) in [6, 6.07) is 0. The average molecular weight is 296 g/mol. The van der Waals surface area contributed by atoms with Crippen LogP contribution in [0.4, 0.5) is 0 Å². The fourth-order valence-electron chi connectivity index (χ4n) is 3.50. The lowest BCUT2D eigenvalue weighted by atomic mass is 9.75. The van der Waals surface area contributed by atoms with E-state index in [-0.39, 0.29) is 11.3 Å². The predicted octanol–water partition coefficient (Wildman–Crippen LogP) is 3.86. The smallest absolute Gasteiger partial charge is 0.220 e. The molecule has 0 spiro atoms. The van der Waals surface area contributed by atoms with Crippen molar-refractivity contribution in [3.8, 4) is 0 Å². The highest BCUT2D eigenvalue weighted by molar-refractivity contribution is 5.75. The van der Waals surface area contributed by atoms with Crippen molar-refractivity contribution in [1.29, 1.82) is 0 Å². The number of nitrogens with two attached hydrogens (primary N) is 1. The van der Waals surface area contributed by atoms with Crippen LogP contribution in [0.5, 0.6) is 0 Å². The molecule has 1 saturated carbocycles. The van der Waals surface area contributed by atoms with Crippen LogP contribution >= 0.6 is 0 Å². The maximum Gasteiger partial charge on any atom is 0.220 e. The van der Waals surface area contributed by atoms with E-state index in [1.54, 1.807) is 0 Å². The number of carbonyl (C=O) groups excluding carboxylic acids is 1. The molecule has 1 rings (SSSR count). The van der Waals surface area contributed by atoms with Crippen molar-refractivity contribution in [3.63, 3.8) is 0 Å². The summed E-state index contributed by atoms with van der Waals surface area (Å²) in [6.45, 7) is 10.6. The molecule has 0 aromatic heterocycles. The van der Waals surface area contributed by atoms with E-state index in [9.17, 15) is 4.79 Å². The maximum absolute atomic E-state index is 12.1. The molecule has 1 amide bonds. The van der Waals surface area contributed by atoms with Gasteiger partial charge in [-0.1, -0.05) is 47.0 Å². The lowest BCUT2D eigenvalue weighted by Crippen LogP contribution is -2.37. The van der Waals surface area contributed by atoms with Crippen LogP contribution in [0.15, 0.2) is 0 Å². The molecule has 3 N–H and O–H groups in total. The molecule has 0 bridgehead atoms. The summed E-state index contributed by atoms with van der Waals surface area (Å²) in [5, 5.41) is 3.17. The summed E-state index contributed by atoms with van der Waals surface area (Å²) in [5.74, 6) is 0.742. The van der Waals surface area contributed by atoms with Crippen LogP contribution in [0.25, 0.3) is 0 Å². The largest absolute Gasteiger partial charge is 0.356 e. The van der Waals surface area contributed by atoms with Crippen LogP contribution in [0.1, 0.15) is 79.1 Å². The Morgan fingerprint density at radius 2 is 1.81 bits per heavy atom. The molecule has 1 aliphatic rings.